The van der Waals surface area contributed by atoms with Crippen LogP contribution in [0.15, 0.2) is 18.2 Å². The second-order valence-corrected chi connectivity index (χ2v) is 13.5. The van der Waals surface area contributed by atoms with E-state index in [0.29, 0.717) is 5.75 Å². The van der Waals surface area contributed by atoms with Crippen LogP contribution < -0.4 is 0 Å². The van der Waals surface area contributed by atoms with Crippen LogP contribution in [0.1, 0.15) is 79.9 Å². The predicted molar refractivity (Wildman–Crippen MR) is 125 cm³/mol. The zero-order chi connectivity index (χ0) is 21.9. The number of hydrogen-bond donors (Lipinski definition) is 1. The van der Waals surface area contributed by atoms with Gasteiger partial charge in [-0.15, -0.1) is 0 Å². The van der Waals surface area contributed by atoms with Gasteiger partial charge in [0, 0.05) is 38.3 Å². The van der Waals surface area contributed by atoms with Crippen LogP contribution in [0.2, 0.25) is 5.02 Å². The molecule has 4 heteroatoms. The Morgan fingerprint density at radius 1 is 1.07 bits per heavy atom. The standard InChI is InChI=1S/C24H41ClO2S/c1-17(2)20(15-26)24(9,16-28(27)23(6,7)8)19-11-10-18(21(25)14-19)12-13-22(3,4)5/h10-11,14,17,20,26H,12-13,15-16H2,1-9H3/t20-,24-,28+/m0/s1. The quantitative estimate of drug-likeness (QED) is 0.520. The number of benzene rings is 1. The van der Waals surface area contributed by atoms with Gasteiger partial charge in [0.25, 0.3) is 0 Å². The fraction of sp³-hybridized carbons (Fsp3) is 0.750. The Kier molecular flexibility index (Phi) is 8.81. The Labute approximate surface area is 180 Å². The van der Waals surface area contributed by atoms with Crippen LogP contribution in [0.25, 0.3) is 0 Å². The van der Waals surface area contributed by atoms with E-state index in [2.05, 4.69) is 53.7 Å². The molecule has 0 spiro atoms. The summed E-state index contributed by atoms with van der Waals surface area (Å²) >= 11 is 6.68. The summed E-state index contributed by atoms with van der Waals surface area (Å²) in [5.41, 5.74) is 2.08. The number of halogens is 1. The minimum absolute atomic E-state index is 0.00953. The molecule has 1 aromatic rings. The highest BCUT2D eigenvalue weighted by Gasteiger charge is 2.41. The summed E-state index contributed by atoms with van der Waals surface area (Å²) in [7, 11) is -1.03. The normalized spacial score (nSPS) is 17.4. The fourth-order valence-electron chi connectivity index (χ4n) is 3.66. The van der Waals surface area contributed by atoms with Crippen LogP contribution in [0.3, 0.4) is 0 Å². The maximum atomic E-state index is 13.1. The van der Waals surface area contributed by atoms with Crippen molar-refractivity contribution in [3.8, 4) is 0 Å². The number of aliphatic hydroxyl groups excluding tert-OH is 1. The van der Waals surface area contributed by atoms with Crippen molar-refractivity contribution >= 4 is 22.4 Å². The van der Waals surface area contributed by atoms with Crippen LogP contribution in [0.5, 0.6) is 0 Å². The van der Waals surface area contributed by atoms with Crippen LogP contribution in [0, 0.1) is 17.3 Å². The van der Waals surface area contributed by atoms with Gasteiger partial charge in [-0.3, -0.25) is 4.21 Å². The smallest absolute Gasteiger partial charge is 0.0470 e. The van der Waals surface area contributed by atoms with Gasteiger partial charge >= 0.3 is 0 Å². The highest BCUT2D eigenvalue weighted by atomic mass is 35.5. The summed E-state index contributed by atoms with van der Waals surface area (Å²) in [5.74, 6) is 0.791. The summed E-state index contributed by atoms with van der Waals surface area (Å²) < 4.78 is 12.8. The van der Waals surface area contributed by atoms with E-state index in [4.69, 9.17) is 11.6 Å². The molecule has 0 amide bonds. The molecule has 0 saturated heterocycles. The third-order valence-electron chi connectivity index (χ3n) is 5.79. The van der Waals surface area contributed by atoms with E-state index in [1.54, 1.807) is 0 Å². The van der Waals surface area contributed by atoms with Crippen LogP contribution in [-0.4, -0.2) is 26.4 Å². The number of hydrogen-bond acceptors (Lipinski definition) is 2. The Hall–Kier alpha value is -0.380. The molecule has 0 saturated carbocycles. The summed E-state index contributed by atoms with van der Waals surface area (Å²) in [4.78, 5) is 0. The Morgan fingerprint density at radius 3 is 2.04 bits per heavy atom. The molecule has 0 heterocycles. The summed E-state index contributed by atoms with van der Waals surface area (Å²) in [6, 6.07) is 6.30. The van der Waals surface area contributed by atoms with Crippen molar-refractivity contribution in [1.82, 2.24) is 0 Å². The molecule has 3 atom stereocenters. The topological polar surface area (TPSA) is 37.3 Å². The molecule has 1 N–H and O–H groups in total. The van der Waals surface area contributed by atoms with Crippen molar-refractivity contribution < 1.29 is 9.32 Å². The van der Waals surface area contributed by atoms with E-state index in [1.165, 1.54) is 0 Å². The molecule has 0 aliphatic heterocycles. The van der Waals surface area contributed by atoms with Gasteiger partial charge in [0.15, 0.2) is 0 Å². The summed E-state index contributed by atoms with van der Waals surface area (Å²) in [6.45, 7) is 19.2. The van der Waals surface area contributed by atoms with Crippen molar-refractivity contribution in [2.24, 2.45) is 17.3 Å². The second-order valence-electron chi connectivity index (χ2n) is 10.9. The van der Waals surface area contributed by atoms with Crippen LogP contribution in [0.4, 0.5) is 0 Å². The van der Waals surface area contributed by atoms with Gasteiger partial charge in [0.2, 0.25) is 0 Å². The molecule has 0 radical (unpaired) electrons. The molecular formula is C24H41ClO2S. The average molecular weight is 429 g/mol. The average Bonchev–Trinajstić information content (AvgIpc) is 2.51. The number of aryl methyl sites for hydroxylation is 1. The van der Waals surface area contributed by atoms with E-state index in [1.807, 2.05) is 26.8 Å². The zero-order valence-corrected chi connectivity index (χ0v) is 20.9. The van der Waals surface area contributed by atoms with Crippen molar-refractivity contribution in [1.29, 1.82) is 0 Å². The highest BCUT2D eigenvalue weighted by molar-refractivity contribution is 7.86. The lowest BCUT2D eigenvalue weighted by atomic mass is 9.68. The van der Waals surface area contributed by atoms with E-state index < -0.39 is 16.2 Å². The van der Waals surface area contributed by atoms with E-state index in [-0.39, 0.29) is 28.6 Å². The molecule has 1 rings (SSSR count). The second kappa shape index (κ2) is 9.62. The molecule has 0 unspecified atom stereocenters. The summed E-state index contributed by atoms with van der Waals surface area (Å²) in [6.07, 6.45) is 2.02. The van der Waals surface area contributed by atoms with E-state index in [0.717, 1.165) is 29.0 Å². The first kappa shape index (κ1) is 25.7. The number of rotatable bonds is 8. The number of aliphatic hydroxyl groups is 1. The monoisotopic (exact) mass is 428 g/mol. The van der Waals surface area contributed by atoms with Crippen LogP contribution in [-0.2, 0) is 22.6 Å². The van der Waals surface area contributed by atoms with Crippen molar-refractivity contribution in [2.75, 3.05) is 12.4 Å². The van der Waals surface area contributed by atoms with Gasteiger partial charge < -0.3 is 5.11 Å². The minimum Gasteiger partial charge on any atom is -0.396 e. The first-order chi connectivity index (χ1) is 12.6. The highest BCUT2D eigenvalue weighted by Crippen LogP contribution is 2.40. The van der Waals surface area contributed by atoms with Crippen LogP contribution >= 0.6 is 11.6 Å². The first-order valence-corrected chi connectivity index (χ1v) is 12.1. The predicted octanol–water partition coefficient (Wildman–Crippen LogP) is 6.39. The Bertz CT molecular complexity index is 670. The lowest BCUT2D eigenvalue weighted by Gasteiger charge is -2.41. The van der Waals surface area contributed by atoms with Gasteiger partial charge in [-0.25, -0.2) is 0 Å². The zero-order valence-electron chi connectivity index (χ0n) is 19.4. The summed E-state index contributed by atoms with van der Waals surface area (Å²) in [5, 5.41) is 10.9. The molecule has 0 aromatic heterocycles. The van der Waals surface area contributed by atoms with Crippen molar-refractivity contribution in [2.45, 2.75) is 85.3 Å². The Balaban J connectivity index is 3.34. The van der Waals surface area contributed by atoms with Gasteiger partial charge in [-0.2, -0.15) is 0 Å². The van der Waals surface area contributed by atoms with Gasteiger partial charge in [0.05, 0.1) is 0 Å². The maximum absolute atomic E-state index is 13.1. The van der Waals surface area contributed by atoms with Gasteiger partial charge in [0.1, 0.15) is 0 Å². The lowest BCUT2D eigenvalue weighted by Crippen LogP contribution is -2.44. The molecule has 0 aliphatic carbocycles. The van der Waals surface area contributed by atoms with Crippen molar-refractivity contribution in [3.05, 3.63) is 34.3 Å². The molecule has 162 valence electrons. The maximum Gasteiger partial charge on any atom is 0.0470 e. The van der Waals surface area contributed by atoms with Crippen molar-refractivity contribution in [3.63, 3.8) is 0 Å². The van der Waals surface area contributed by atoms with E-state index in [9.17, 15) is 9.32 Å². The van der Waals surface area contributed by atoms with E-state index >= 15 is 0 Å². The molecule has 2 nitrogen and oxygen atoms in total. The first-order valence-electron chi connectivity index (χ1n) is 10.4. The fourth-order valence-corrected chi connectivity index (χ4v) is 5.29. The molecule has 0 aliphatic rings. The third kappa shape index (κ3) is 6.85. The minimum atomic E-state index is -1.03. The molecule has 1 aromatic carbocycles. The largest absolute Gasteiger partial charge is 0.396 e. The molecule has 28 heavy (non-hydrogen) atoms. The molecular weight excluding hydrogens is 388 g/mol. The third-order valence-corrected chi connectivity index (χ3v) is 8.37. The lowest BCUT2D eigenvalue weighted by molar-refractivity contribution is 0.129. The van der Waals surface area contributed by atoms with Gasteiger partial charge in [-0.05, 0) is 68.1 Å². The van der Waals surface area contributed by atoms with Gasteiger partial charge in [-0.1, -0.05) is 65.3 Å². The molecule has 0 bridgehead atoms. The molecule has 0 fully saturated rings. The SMILES string of the molecule is CC(C)[C@H](CO)[C@@](C)(C[S@@](=O)C(C)(C)C)c1ccc(CCC(C)(C)C)c(Cl)c1. The Morgan fingerprint density at radius 2 is 1.64 bits per heavy atom.